The van der Waals surface area contributed by atoms with E-state index in [2.05, 4.69) is 24.1 Å². The van der Waals surface area contributed by atoms with Crippen molar-refractivity contribution in [2.45, 2.75) is 39.2 Å². The molecule has 1 aliphatic carbocycles. The molecule has 2 N–H and O–H groups in total. The van der Waals surface area contributed by atoms with E-state index in [0.29, 0.717) is 5.56 Å². The summed E-state index contributed by atoms with van der Waals surface area (Å²) in [5, 5.41) is 11.8. The second-order valence-corrected chi connectivity index (χ2v) is 5.60. The van der Waals surface area contributed by atoms with Crippen LogP contribution >= 0.6 is 0 Å². The first kappa shape index (κ1) is 14.6. The fourth-order valence-electron chi connectivity index (χ4n) is 2.35. The van der Waals surface area contributed by atoms with Gasteiger partial charge in [0, 0.05) is 17.2 Å². The minimum atomic E-state index is -0.173. The molecule has 0 spiro atoms. The summed E-state index contributed by atoms with van der Waals surface area (Å²) in [6.07, 6.45) is 3.66. The number of amides is 1. The van der Waals surface area contributed by atoms with Gasteiger partial charge in [-0.1, -0.05) is 24.7 Å². The number of hydrogen-bond acceptors (Lipinski definition) is 2. The second-order valence-electron chi connectivity index (χ2n) is 5.60. The van der Waals surface area contributed by atoms with E-state index in [-0.39, 0.29) is 18.6 Å². The molecule has 1 fully saturated rings. The summed E-state index contributed by atoms with van der Waals surface area (Å²) in [5.74, 6) is 6.21. The van der Waals surface area contributed by atoms with E-state index in [1.54, 1.807) is 6.07 Å². The number of rotatable bonds is 4. The highest BCUT2D eigenvalue weighted by molar-refractivity contribution is 5.95. The molecule has 0 aromatic heterocycles. The molecule has 0 heterocycles. The van der Waals surface area contributed by atoms with Gasteiger partial charge in [0.05, 0.1) is 0 Å². The summed E-state index contributed by atoms with van der Waals surface area (Å²) in [7, 11) is 0. The third kappa shape index (κ3) is 4.40. The molecule has 3 heteroatoms. The van der Waals surface area contributed by atoms with Gasteiger partial charge in [-0.15, -0.1) is 0 Å². The number of hydrogen-bond donors (Lipinski definition) is 2. The Kier molecular flexibility index (Phi) is 4.81. The Balaban J connectivity index is 2.05. The van der Waals surface area contributed by atoms with Crippen molar-refractivity contribution in [2.24, 2.45) is 5.92 Å². The number of nitrogens with one attached hydrogen (secondary N) is 1. The van der Waals surface area contributed by atoms with Crippen LogP contribution in [0.15, 0.2) is 18.2 Å². The molecule has 1 aliphatic rings. The van der Waals surface area contributed by atoms with Gasteiger partial charge < -0.3 is 10.4 Å². The van der Waals surface area contributed by atoms with E-state index in [1.807, 2.05) is 19.1 Å². The average molecular weight is 271 g/mol. The predicted octanol–water partition coefficient (Wildman–Crippen LogP) is 2.26. The number of aliphatic hydroxyl groups excluding tert-OH is 1. The quantitative estimate of drug-likeness (QED) is 0.825. The van der Waals surface area contributed by atoms with Crippen LogP contribution < -0.4 is 5.32 Å². The van der Waals surface area contributed by atoms with Crippen LogP contribution in [0.2, 0.25) is 0 Å². The van der Waals surface area contributed by atoms with Crippen molar-refractivity contribution in [3.8, 4) is 11.8 Å². The van der Waals surface area contributed by atoms with Crippen LogP contribution in [0.25, 0.3) is 0 Å². The van der Waals surface area contributed by atoms with Crippen LogP contribution in [-0.2, 0) is 0 Å². The summed E-state index contributed by atoms with van der Waals surface area (Å²) in [5.41, 5.74) is 2.39. The molecule has 2 rings (SSSR count). The van der Waals surface area contributed by atoms with Crippen molar-refractivity contribution < 1.29 is 9.90 Å². The summed E-state index contributed by atoms with van der Waals surface area (Å²) < 4.78 is 0. The average Bonchev–Trinajstić information content (AvgIpc) is 3.19. The summed E-state index contributed by atoms with van der Waals surface area (Å²) in [6, 6.07) is 5.76. The molecule has 0 radical (unpaired) electrons. The Morgan fingerprint density at radius 3 is 2.85 bits per heavy atom. The molecule has 1 aromatic carbocycles. The molecule has 0 aliphatic heterocycles. The third-order valence-corrected chi connectivity index (χ3v) is 3.41. The van der Waals surface area contributed by atoms with E-state index in [9.17, 15) is 4.79 Å². The molecule has 1 atom stereocenters. The topological polar surface area (TPSA) is 49.3 Å². The molecule has 0 bridgehead atoms. The lowest BCUT2D eigenvalue weighted by Crippen LogP contribution is -2.32. The minimum Gasteiger partial charge on any atom is -0.384 e. The first-order valence-electron chi connectivity index (χ1n) is 7.10. The molecule has 1 saturated carbocycles. The maximum absolute atomic E-state index is 12.2. The highest BCUT2D eigenvalue weighted by Gasteiger charge is 2.24. The zero-order valence-corrected chi connectivity index (χ0v) is 12.1. The lowest BCUT2D eigenvalue weighted by atomic mass is 10.1. The van der Waals surface area contributed by atoms with Crippen molar-refractivity contribution in [3.05, 3.63) is 34.9 Å². The summed E-state index contributed by atoms with van der Waals surface area (Å²) in [6.45, 7) is 3.82. The van der Waals surface area contributed by atoms with E-state index >= 15 is 0 Å². The van der Waals surface area contributed by atoms with Gasteiger partial charge in [-0.2, -0.15) is 0 Å². The van der Waals surface area contributed by atoms with Gasteiger partial charge >= 0.3 is 0 Å². The van der Waals surface area contributed by atoms with E-state index < -0.39 is 0 Å². The smallest absolute Gasteiger partial charge is 0.251 e. The van der Waals surface area contributed by atoms with Gasteiger partial charge in [0.15, 0.2) is 0 Å². The van der Waals surface area contributed by atoms with Gasteiger partial charge in [-0.25, -0.2) is 0 Å². The standard InChI is InChI=1S/C17H21NO2/c1-12-8-15(4-3-7-19)11-16(9-12)17(20)18-13(2)10-14-5-6-14/h8-9,11,13-14,19H,5-7,10H2,1-2H3,(H,18,20). The van der Waals surface area contributed by atoms with Gasteiger partial charge in [0.25, 0.3) is 5.91 Å². The summed E-state index contributed by atoms with van der Waals surface area (Å²) in [4.78, 5) is 12.2. The Morgan fingerprint density at radius 2 is 2.20 bits per heavy atom. The Morgan fingerprint density at radius 1 is 1.45 bits per heavy atom. The minimum absolute atomic E-state index is 0.0473. The van der Waals surface area contributed by atoms with Crippen LogP contribution in [0.5, 0.6) is 0 Å². The molecule has 1 amide bonds. The third-order valence-electron chi connectivity index (χ3n) is 3.41. The monoisotopic (exact) mass is 271 g/mol. The lowest BCUT2D eigenvalue weighted by molar-refractivity contribution is 0.0937. The fraction of sp³-hybridized carbons (Fsp3) is 0.471. The number of aliphatic hydroxyl groups is 1. The molecule has 106 valence electrons. The van der Waals surface area contributed by atoms with Crippen molar-refractivity contribution in [3.63, 3.8) is 0 Å². The zero-order chi connectivity index (χ0) is 14.5. The molecule has 1 unspecified atom stereocenters. The molecule has 20 heavy (non-hydrogen) atoms. The van der Waals surface area contributed by atoms with Gasteiger partial charge in [-0.3, -0.25) is 4.79 Å². The van der Waals surface area contributed by atoms with Gasteiger partial charge in [-0.05, 0) is 49.9 Å². The SMILES string of the molecule is Cc1cc(C#CCO)cc(C(=O)NC(C)CC2CC2)c1. The van der Waals surface area contributed by atoms with Gasteiger partial charge in [0.1, 0.15) is 6.61 Å². The maximum Gasteiger partial charge on any atom is 0.251 e. The Labute approximate surface area is 120 Å². The molecule has 0 saturated heterocycles. The Bertz CT molecular complexity index is 550. The first-order chi connectivity index (χ1) is 9.58. The normalized spacial score (nSPS) is 15.2. The van der Waals surface area contributed by atoms with Crippen LogP contribution in [0, 0.1) is 24.7 Å². The van der Waals surface area contributed by atoms with Crippen molar-refractivity contribution in [2.75, 3.05) is 6.61 Å². The van der Waals surface area contributed by atoms with E-state index in [0.717, 1.165) is 23.5 Å². The largest absolute Gasteiger partial charge is 0.384 e. The number of carbonyl (C=O) groups excluding carboxylic acids is 1. The number of carbonyl (C=O) groups is 1. The molecule has 1 aromatic rings. The van der Waals surface area contributed by atoms with Crippen LogP contribution in [0.3, 0.4) is 0 Å². The number of benzene rings is 1. The Hall–Kier alpha value is -1.79. The first-order valence-corrected chi connectivity index (χ1v) is 7.10. The highest BCUT2D eigenvalue weighted by atomic mass is 16.2. The van der Waals surface area contributed by atoms with Crippen molar-refractivity contribution in [1.29, 1.82) is 0 Å². The van der Waals surface area contributed by atoms with Gasteiger partial charge in [0.2, 0.25) is 0 Å². The van der Waals surface area contributed by atoms with Crippen LogP contribution in [0.1, 0.15) is 47.7 Å². The molecular formula is C17H21NO2. The van der Waals surface area contributed by atoms with Crippen molar-refractivity contribution >= 4 is 5.91 Å². The highest BCUT2D eigenvalue weighted by Crippen LogP contribution is 2.33. The predicted molar refractivity (Wildman–Crippen MR) is 79.4 cm³/mol. The van der Waals surface area contributed by atoms with Crippen LogP contribution in [0.4, 0.5) is 0 Å². The zero-order valence-electron chi connectivity index (χ0n) is 12.1. The van der Waals surface area contributed by atoms with Crippen LogP contribution in [-0.4, -0.2) is 23.7 Å². The molecular weight excluding hydrogens is 250 g/mol. The molecule has 3 nitrogen and oxygen atoms in total. The summed E-state index contributed by atoms with van der Waals surface area (Å²) >= 11 is 0. The maximum atomic E-state index is 12.2. The van der Waals surface area contributed by atoms with E-state index in [1.165, 1.54) is 12.8 Å². The fourth-order valence-corrected chi connectivity index (χ4v) is 2.35. The number of aryl methyl sites for hydroxylation is 1. The lowest BCUT2D eigenvalue weighted by Gasteiger charge is -2.13. The van der Waals surface area contributed by atoms with Crippen molar-refractivity contribution in [1.82, 2.24) is 5.32 Å². The van der Waals surface area contributed by atoms with E-state index in [4.69, 9.17) is 5.11 Å². The second kappa shape index (κ2) is 6.58.